The fraction of sp³-hybridized carbons (Fsp3) is 0.118. The second-order valence-electron chi connectivity index (χ2n) is 10.7. The van der Waals surface area contributed by atoms with Crippen molar-refractivity contribution in [2.45, 2.75) is 20.3 Å². The minimum absolute atomic E-state index is 0.0213. The maximum absolute atomic E-state index is 14.1. The zero-order chi connectivity index (χ0) is 32.0. The number of hydrogen-bond acceptors (Lipinski definition) is 8. The number of ether oxygens (including phenoxy) is 1. The summed E-state index contributed by atoms with van der Waals surface area (Å²) >= 11 is 0. The van der Waals surface area contributed by atoms with E-state index in [1.807, 2.05) is 0 Å². The van der Waals surface area contributed by atoms with Gasteiger partial charge >= 0.3 is 5.97 Å². The first-order chi connectivity index (χ1) is 21.5. The third-order valence-electron chi connectivity index (χ3n) is 7.39. The fourth-order valence-electron chi connectivity index (χ4n) is 5.13. The van der Waals surface area contributed by atoms with E-state index in [9.17, 15) is 24.3 Å². The molecule has 0 aliphatic carbocycles. The second kappa shape index (κ2) is 11.2. The molecule has 0 bridgehead atoms. The van der Waals surface area contributed by atoms with Crippen molar-refractivity contribution in [3.63, 3.8) is 0 Å². The molecular formula is C34H27N5O6. The number of imide groups is 1. The van der Waals surface area contributed by atoms with Crippen LogP contribution in [0, 0.1) is 0 Å². The largest absolute Gasteiger partial charge is 0.504 e. The molecule has 5 aromatic rings. The maximum atomic E-state index is 14.1. The van der Waals surface area contributed by atoms with E-state index in [1.165, 1.54) is 23.9 Å². The number of aromatic hydroxyl groups is 1. The van der Waals surface area contributed by atoms with Gasteiger partial charge in [-0.1, -0.05) is 37.4 Å². The first-order valence-corrected chi connectivity index (χ1v) is 14.0. The molecule has 6 rings (SSSR count). The van der Waals surface area contributed by atoms with Crippen LogP contribution in [0.25, 0.3) is 27.5 Å². The second-order valence-corrected chi connectivity index (χ2v) is 10.7. The maximum Gasteiger partial charge on any atom is 0.333 e. The third-order valence-corrected chi connectivity index (χ3v) is 7.39. The Morgan fingerprint density at radius 1 is 0.867 bits per heavy atom. The number of amides is 3. The van der Waals surface area contributed by atoms with E-state index in [0.717, 1.165) is 4.90 Å². The monoisotopic (exact) mass is 601 g/mol. The Labute approximate surface area is 257 Å². The van der Waals surface area contributed by atoms with E-state index >= 15 is 0 Å². The molecule has 0 saturated heterocycles. The van der Waals surface area contributed by atoms with Gasteiger partial charge in [0, 0.05) is 45.2 Å². The quantitative estimate of drug-likeness (QED) is 0.139. The lowest BCUT2D eigenvalue weighted by molar-refractivity contribution is -0.138. The highest BCUT2D eigenvalue weighted by Crippen LogP contribution is 2.41. The van der Waals surface area contributed by atoms with Gasteiger partial charge in [0.1, 0.15) is 16.7 Å². The van der Waals surface area contributed by atoms with Crippen LogP contribution in [0.5, 0.6) is 5.75 Å². The predicted octanol–water partition coefficient (Wildman–Crippen LogP) is 5.26. The van der Waals surface area contributed by atoms with Crippen molar-refractivity contribution < 1.29 is 29.0 Å². The van der Waals surface area contributed by atoms with Crippen LogP contribution in [-0.2, 0) is 20.7 Å². The number of hydrogen-bond donors (Lipinski definition) is 2. The Hall–Kier alpha value is -6.10. The molecule has 2 heterocycles. The smallest absolute Gasteiger partial charge is 0.333 e. The van der Waals surface area contributed by atoms with Crippen molar-refractivity contribution in [2.75, 3.05) is 16.8 Å². The van der Waals surface area contributed by atoms with Crippen LogP contribution in [0.2, 0.25) is 0 Å². The lowest BCUT2D eigenvalue weighted by atomic mass is 9.92. The summed E-state index contributed by atoms with van der Waals surface area (Å²) in [5.74, 6) is -2.70. The van der Waals surface area contributed by atoms with E-state index in [4.69, 9.17) is 4.74 Å². The van der Waals surface area contributed by atoms with Gasteiger partial charge in [-0.05, 0) is 61.9 Å². The van der Waals surface area contributed by atoms with Crippen LogP contribution in [0.4, 0.5) is 11.4 Å². The predicted molar refractivity (Wildman–Crippen MR) is 169 cm³/mol. The van der Waals surface area contributed by atoms with Gasteiger partial charge in [0.2, 0.25) is 0 Å². The summed E-state index contributed by atoms with van der Waals surface area (Å²) in [6.45, 7) is 10.3. The summed E-state index contributed by atoms with van der Waals surface area (Å²) in [5.41, 5.74) is 3.08. The molecule has 0 radical (unpaired) electrons. The number of carbonyl (C=O) groups excluding carboxylic acids is 4. The van der Waals surface area contributed by atoms with Crippen LogP contribution in [-0.4, -0.2) is 50.4 Å². The molecule has 1 aliphatic heterocycles. The highest BCUT2D eigenvalue weighted by molar-refractivity contribution is 6.37. The first-order valence-electron chi connectivity index (χ1n) is 14.0. The van der Waals surface area contributed by atoms with Crippen molar-refractivity contribution >= 4 is 56.9 Å². The van der Waals surface area contributed by atoms with Crippen molar-refractivity contribution in [1.82, 2.24) is 15.0 Å². The first kappa shape index (κ1) is 29.0. The molecular weight excluding hydrogens is 574 g/mol. The van der Waals surface area contributed by atoms with E-state index in [2.05, 4.69) is 28.7 Å². The van der Waals surface area contributed by atoms with Gasteiger partial charge in [-0.25, -0.2) is 9.69 Å². The molecule has 4 aromatic carbocycles. The molecule has 0 unspecified atom stereocenters. The van der Waals surface area contributed by atoms with E-state index in [1.54, 1.807) is 61.5 Å². The van der Waals surface area contributed by atoms with Gasteiger partial charge in [0.05, 0.1) is 12.3 Å². The van der Waals surface area contributed by atoms with Crippen molar-refractivity contribution in [3.05, 3.63) is 108 Å². The van der Waals surface area contributed by atoms with E-state index < -0.39 is 29.4 Å². The van der Waals surface area contributed by atoms with Crippen LogP contribution in [0.15, 0.2) is 91.0 Å². The number of anilines is 2. The average Bonchev–Trinajstić information content (AvgIpc) is 3.45. The SMILES string of the molecule is C=C(C)C(=O)Nc1ccc2c3c(cccc13)C(=O)N(c1cc(CCOC(=O)C(=C)C)cc(-n3nc4ccccc4n3)c1O)C2=O. The van der Waals surface area contributed by atoms with Crippen LogP contribution >= 0.6 is 0 Å². The average molecular weight is 602 g/mol. The highest BCUT2D eigenvalue weighted by atomic mass is 16.5. The highest BCUT2D eigenvalue weighted by Gasteiger charge is 2.37. The standard InChI is InChI=1S/C34H27N5O6/c1-18(2)31(41)35-24-13-12-23-29-21(24)8-7-9-22(29)32(42)38(33(23)43)27-16-20(14-15-45-34(44)19(3)4)17-28(30(27)40)39-36-25-10-5-6-11-26(25)37-39/h5-13,16-17,40H,1,3,14-15H2,2,4H3,(H,35,41). The number of fused-ring (bicyclic) bond motifs is 1. The number of aromatic nitrogens is 3. The fourth-order valence-corrected chi connectivity index (χ4v) is 5.13. The molecule has 3 amide bonds. The van der Waals surface area contributed by atoms with Crippen molar-refractivity contribution in [1.29, 1.82) is 0 Å². The lowest BCUT2D eigenvalue weighted by Gasteiger charge is -2.29. The molecule has 0 spiro atoms. The zero-order valence-corrected chi connectivity index (χ0v) is 24.5. The molecule has 2 N–H and O–H groups in total. The number of phenols is 1. The normalized spacial score (nSPS) is 12.4. The summed E-state index contributed by atoms with van der Waals surface area (Å²) < 4.78 is 5.28. The van der Waals surface area contributed by atoms with Gasteiger partial charge in [0.15, 0.2) is 5.75 Å². The summed E-state index contributed by atoms with van der Waals surface area (Å²) in [4.78, 5) is 54.6. The summed E-state index contributed by atoms with van der Waals surface area (Å²) in [6.07, 6.45) is 0.189. The summed E-state index contributed by atoms with van der Waals surface area (Å²) in [5, 5.41) is 24.2. The van der Waals surface area contributed by atoms with Gasteiger partial charge in [-0.15, -0.1) is 15.0 Å². The minimum Gasteiger partial charge on any atom is -0.504 e. The Morgan fingerprint density at radius 2 is 1.51 bits per heavy atom. The summed E-state index contributed by atoms with van der Waals surface area (Å²) in [6, 6.07) is 18.3. The molecule has 11 nitrogen and oxygen atoms in total. The van der Waals surface area contributed by atoms with Crippen LogP contribution in [0.1, 0.15) is 40.1 Å². The number of esters is 1. The Morgan fingerprint density at radius 3 is 2.16 bits per heavy atom. The van der Waals surface area contributed by atoms with E-state index in [-0.39, 0.29) is 41.1 Å². The Kier molecular flexibility index (Phi) is 7.21. The number of phenolic OH excluding ortho intramolecular Hbond substituents is 1. The number of benzene rings is 4. The van der Waals surface area contributed by atoms with Gasteiger partial charge in [-0.2, -0.15) is 0 Å². The molecule has 0 atom stereocenters. The number of carbonyl (C=O) groups is 4. The molecule has 11 heteroatoms. The lowest BCUT2D eigenvalue weighted by Crippen LogP contribution is -2.40. The Balaban J connectivity index is 1.47. The number of nitrogens with one attached hydrogen (secondary N) is 1. The van der Waals surface area contributed by atoms with Crippen molar-refractivity contribution in [3.8, 4) is 11.4 Å². The van der Waals surface area contributed by atoms with Gasteiger partial charge in [-0.3, -0.25) is 14.4 Å². The van der Waals surface area contributed by atoms with Crippen molar-refractivity contribution in [2.24, 2.45) is 0 Å². The molecule has 224 valence electrons. The summed E-state index contributed by atoms with van der Waals surface area (Å²) in [7, 11) is 0. The van der Waals surface area contributed by atoms with Gasteiger partial charge in [0.25, 0.3) is 17.7 Å². The molecule has 1 aromatic heterocycles. The minimum atomic E-state index is -0.674. The van der Waals surface area contributed by atoms with E-state index in [0.29, 0.717) is 38.6 Å². The molecule has 0 fully saturated rings. The zero-order valence-electron chi connectivity index (χ0n) is 24.5. The Bertz CT molecular complexity index is 2070. The van der Waals surface area contributed by atoms with Crippen LogP contribution in [0.3, 0.4) is 0 Å². The topological polar surface area (TPSA) is 144 Å². The van der Waals surface area contributed by atoms with Gasteiger partial charge < -0.3 is 15.2 Å². The molecule has 1 aliphatic rings. The number of rotatable bonds is 8. The number of nitrogens with zero attached hydrogens (tertiary/aromatic N) is 4. The molecule has 0 saturated carbocycles. The van der Waals surface area contributed by atoms with Crippen LogP contribution < -0.4 is 10.2 Å². The third kappa shape index (κ3) is 5.10. The molecule has 45 heavy (non-hydrogen) atoms.